The van der Waals surface area contributed by atoms with Gasteiger partial charge in [-0.3, -0.25) is 10.1 Å². The SMILES string of the molecule is CC[C@H](Oc1ccc([N+](=O)[O-])cc1C(F)(F)CC)C(=O)OC. The van der Waals surface area contributed by atoms with Crippen LogP contribution < -0.4 is 4.74 Å². The molecule has 0 aliphatic carbocycles. The van der Waals surface area contributed by atoms with Gasteiger partial charge in [-0.05, 0) is 12.5 Å². The van der Waals surface area contributed by atoms with Gasteiger partial charge in [0.2, 0.25) is 0 Å². The Bertz CT molecular complexity index is 562. The highest BCUT2D eigenvalue weighted by molar-refractivity contribution is 5.75. The number of carbonyl (C=O) groups is 1. The predicted molar refractivity (Wildman–Crippen MR) is 74.0 cm³/mol. The van der Waals surface area contributed by atoms with E-state index in [9.17, 15) is 23.7 Å². The quantitative estimate of drug-likeness (QED) is 0.437. The lowest BCUT2D eigenvalue weighted by Gasteiger charge is -2.21. The lowest BCUT2D eigenvalue weighted by Crippen LogP contribution is -2.29. The number of non-ortho nitro benzene ring substituents is 1. The number of esters is 1. The van der Waals surface area contributed by atoms with Crippen LogP contribution in [0.1, 0.15) is 32.3 Å². The van der Waals surface area contributed by atoms with Crippen LogP contribution in [-0.4, -0.2) is 24.1 Å². The number of nitro groups is 1. The third kappa shape index (κ3) is 3.90. The van der Waals surface area contributed by atoms with Gasteiger partial charge >= 0.3 is 5.97 Å². The number of nitrogens with zero attached hydrogens (tertiary/aromatic N) is 1. The Hall–Kier alpha value is -2.25. The Morgan fingerprint density at radius 1 is 1.41 bits per heavy atom. The highest BCUT2D eigenvalue weighted by Crippen LogP contribution is 2.40. The third-order valence-corrected chi connectivity index (χ3v) is 3.12. The maximum Gasteiger partial charge on any atom is 0.347 e. The smallest absolute Gasteiger partial charge is 0.347 e. The van der Waals surface area contributed by atoms with Gasteiger partial charge in [0.1, 0.15) is 5.75 Å². The van der Waals surface area contributed by atoms with E-state index in [-0.39, 0.29) is 12.2 Å². The molecule has 122 valence electrons. The summed E-state index contributed by atoms with van der Waals surface area (Å²) in [5.74, 6) is -4.28. The molecule has 1 aromatic carbocycles. The zero-order valence-corrected chi connectivity index (χ0v) is 12.5. The Labute approximate surface area is 126 Å². The lowest BCUT2D eigenvalue weighted by molar-refractivity contribution is -0.385. The summed E-state index contributed by atoms with van der Waals surface area (Å²) in [4.78, 5) is 21.5. The van der Waals surface area contributed by atoms with Crippen LogP contribution in [0.4, 0.5) is 14.5 Å². The van der Waals surface area contributed by atoms with Crippen molar-refractivity contribution < 1.29 is 28.0 Å². The highest BCUT2D eigenvalue weighted by Gasteiger charge is 2.35. The van der Waals surface area contributed by atoms with Crippen LogP contribution in [0.2, 0.25) is 0 Å². The highest BCUT2D eigenvalue weighted by atomic mass is 19.3. The first-order chi connectivity index (χ1) is 10.3. The number of methoxy groups -OCH3 is 1. The van der Waals surface area contributed by atoms with Crippen molar-refractivity contribution >= 4 is 11.7 Å². The molecule has 1 rings (SSSR count). The Morgan fingerprint density at radius 3 is 2.50 bits per heavy atom. The molecule has 8 heteroatoms. The number of alkyl halides is 2. The van der Waals surface area contributed by atoms with Crippen molar-refractivity contribution in [2.75, 3.05) is 7.11 Å². The predicted octanol–water partition coefficient (Wildman–Crippen LogP) is 3.43. The topological polar surface area (TPSA) is 78.7 Å². The third-order valence-electron chi connectivity index (χ3n) is 3.12. The fourth-order valence-corrected chi connectivity index (χ4v) is 1.79. The van der Waals surface area contributed by atoms with Crippen molar-refractivity contribution in [1.82, 2.24) is 0 Å². The Kier molecular flexibility index (Phi) is 5.78. The van der Waals surface area contributed by atoms with Crippen LogP contribution in [0.3, 0.4) is 0 Å². The minimum absolute atomic E-state index is 0.209. The van der Waals surface area contributed by atoms with Crippen molar-refractivity contribution in [3.8, 4) is 5.75 Å². The normalized spacial score (nSPS) is 12.6. The number of halogens is 2. The summed E-state index contributed by atoms with van der Waals surface area (Å²) in [6, 6.07) is 2.89. The molecule has 22 heavy (non-hydrogen) atoms. The summed E-state index contributed by atoms with van der Waals surface area (Å²) in [6.45, 7) is 2.88. The summed E-state index contributed by atoms with van der Waals surface area (Å²) in [5, 5.41) is 10.8. The van der Waals surface area contributed by atoms with Crippen LogP contribution in [0, 0.1) is 10.1 Å². The number of nitro benzene ring substituents is 1. The molecule has 0 radical (unpaired) electrons. The van der Waals surface area contributed by atoms with Crippen molar-refractivity contribution in [3.63, 3.8) is 0 Å². The largest absolute Gasteiger partial charge is 0.478 e. The number of ether oxygens (including phenoxy) is 2. The number of hydrogen-bond donors (Lipinski definition) is 0. The van der Waals surface area contributed by atoms with Crippen LogP contribution in [0.5, 0.6) is 5.75 Å². The van der Waals surface area contributed by atoms with E-state index in [0.29, 0.717) is 0 Å². The van der Waals surface area contributed by atoms with Gasteiger partial charge in [-0.1, -0.05) is 13.8 Å². The molecule has 0 amide bonds. The lowest BCUT2D eigenvalue weighted by atomic mass is 10.0. The molecule has 0 bridgehead atoms. The van der Waals surface area contributed by atoms with Crippen LogP contribution >= 0.6 is 0 Å². The summed E-state index contributed by atoms with van der Waals surface area (Å²) in [7, 11) is 1.16. The molecule has 0 spiro atoms. The molecular weight excluding hydrogens is 300 g/mol. The Balaban J connectivity index is 3.28. The molecule has 0 saturated carbocycles. The van der Waals surface area contributed by atoms with Gasteiger partial charge in [-0.2, -0.15) is 0 Å². The summed E-state index contributed by atoms with van der Waals surface area (Å²) >= 11 is 0. The number of rotatable bonds is 7. The molecule has 0 fully saturated rings. The number of carbonyl (C=O) groups excluding carboxylic acids is 1. The monoisotopic (exact) mass is 317 g/mol. The molecule has 0 heterocycles. The summed E-state index contributed by atoms with van der Waals surface area (Å²) in [6.07, 6.45) is -1.40. The molecular formula is C14H17F2NO5. The van der Waals surface area contributed by atoms with E-state index >= 15 is 0 Å². The average Bonchev–Trinajstić information content (AvgIpc) is 2.51. The van der Waals surface area contributed by atoms with E-state index < -0.39 is 40.6 Å². The first-order valence-corrected chi connectivity index (χ1v) is 6.68. The molecule has 0 aromatic heterocycles. The van der Waals surface area contributed by atoms with Crippen molar-refractivity contribution in [3.05, 3.63) is 33.9 Å². The molecule has 0 saturated heterocycles. The van der Waals surface area contributed by atoms with Gasteiger partial charge in [0.15, 0.2) is 6.10 Å². The second-order valence-corrected chi connectivity index (χ2v) is 4.53. The maximum absolute atomic E-state index is 14.0. The van der Waals surface area contributed by atoms with Crippen molar-refractivity contribution in [1.29, 1.82) is 0 Å². The fraction of sp³-hybridized carbons (Fsp3) is 0.500. The minimum Gasteiger partial charge on any atom is -0.478 e. The molecule has 6 nitrogen and oxygen atoms in total. The first-order valence-electron chi connectivity index (χ1n) is 6.68. The average molecular weight is 317 g/mol. The van der Waals surface area contributed by atoms with E-state index in [1.807, 2.05) is 0 Å². The number of benzene rings is 1. The Morgan fingerprint density at radius 2 is 2.05 bits per heavy atom. The van der Waals surface area contributed by atoms with Crippen LogP contribution in [0.25, 0.3) is 0 Å². The standard InChI is InChI=1S/C14H17F2NO5/c1-4-11(13(18)21-3)22-12-7-6-9(17(19)20)8-10(12)14(15,16)5-2/h6-8,11H,4-5H2,1-3H3/t11-/m0/s1. The zero-order valence-electron chi connectivity index (χ0n) is 12.5. The maximum atomic E-state index is 14.0. The van der Waals surface area contributed by atoms with E-state index in [0.717, 1.165) is 25.3 Å². The second kappa shape index (κ2) is 7.15. The summed E-state index contributed by atoms with van der Waals surface area (Å²) < 4.78 is 37.8. The van der Waals surface area contributed by atoms with Crippen LogP contribution in [0.15, 0.2) is 18.2 Å². The van der Waals surface area contributed by atoms with Gasteiger partial charge in [0, 0.05) is 18.6 Å². The number of hydrogen-bond acceptors (Lipinski definition) is 5. The van der Waals surface area contributed by atoms with Gasteiger partial charge in [0.25, 0.3) is 11.6 Å². The zero-order chi connectivity index (χ0) is 16.9. The molecule has 0 aliphatic rings. The molecule has 0 aliphatic heterocycles. The van der Waals surface area contributed by atoms with Gasteiger partial charge in [-0.25, -0.2) is 13.6 Å². The van der Waals surface area contributed by atoms with Gasteiger partial charge in [-0.15, -0.1) is 0 Å². The first kappa shape index (κ1) is 17.8. The van der Waals surface area contributed by atoms with Gasteiger partial charge in [0.05, 0.1) is 17.6 Å². The summed E-state index contributed by atoms with van der Waals surface area (Å²) in [5.41, 5.74) is -1.09. The van der Waals surface area contributed by atoms with E-state index in [1.165, 1.54) is 6.92 Å². The van der Waals surface area contributed by atoms with E-state index in [1.54, 1.807) is 6.92 Å². The van der Waals surface area contributed by atoms with Crippen LogP contribution in [-0.2, 0) is 15.5 Å². The van der Waals surface area contributed by atoms with E-state index in [2.05, 4.69) is 4.74 Å². The van der Waals surface area contributed by atoms with Crippen molar-refractivity contribution in [2.45, 2.75) is 38.7 Å². The molecule has 0 N–H and O–H groups in total. The minimum atomic E-state index is -3.31. The second-order valence-electron chi connectivity index (χ2n) is 4.53. The molecule has 1 aromatic rings. The van der Waals surface area contributed by atoms with Crippen molar-refractivity contribution in [2.24, 2.45) is 0 Å². The fourth-order valence-electron chi connectivity index (χ4n) is 1.79. The molecule has 1 atom stereocenters. The van der Waals surface area contributed by atoms with Gasteiger partial charge < -0.3 is 9.47 Å². The molecule has 0 unspecified atom stereocenters. The van der Waals surface area contributed by atoms with E-state index in [4.69, 9.17) is 4.74 Å².